The lowest BCUT2D eigenvalue weighted by Crippen LogP contribution is -2.44. The maximum atomic E-state index is 12.9. The van der Waals surface area contributed by atoms with Crippen LogP contribution in [0.15, 0.2) is 48.5 Å². The van der Waals surface area contributed by atoms with Crippen molar-refractivity contribution in [3.63, 3.8) is 0 Å². The molecule has 1 atom stereocenters. The second-order valence-electron chi connectivity index (χ2n) is 8.57. The summed E-state index contributed by atoms with van der Waals surface area (Å²) in [5, 5.41) is 4.63. The molecule has 2 aromatic carbocycles. The second-order valence-corrected chi connectivity index (χ2v) is 9.38. The lowest BCUT2D eigenvalue weighted by molar-refractivity contribution is 0.0781. The van der Waals surface area contributed by atoms with Gasteiger partial charge >= 0.3 is 0 Å². The predicted octanol–water partition coefficient (Wildman–Crippen LogP) is 4.25. The van der Waals surface area contributed by atoms with Crippen LogP contribution >= 0.6 is 23.2 Å². The van der Waals surface area contributed by atoms with E-state index in [0.29, 0.717) is 34.7 Å². The summed E-state index contributed by atoms with van der Waals surface area (Å²) in [6.45, 7) is 5.33. The lowest BCUT2D eigenvalue weighted by atomic mass is 9.94. The maximum absolute atomic E-state index is 12.9. The summed E-state index contributed by atoms with van der Waals surface area (Å²) >= 11 is 12.5. The van der Waals surface area contributed by atoms with E-state index in [-0.39, 0.29) is 11.8 Å². The van der Waals surface area contributed by atoms with Gasteiger partial charge in [0, 0.05) is 44.2 Å². The summed E-state index contributed by atoms with van der Waals surface area (Å²) in [6.07, 6.45) is 3.24. The number of piperidine rings is 1. The van der Waals surface area contributed by atoms with Crippen LogP contribution in [0.5, 0.6) is 0 Å². The summed E-state index contributed by atoms with van der Waals surface area (Å²) in [4.78, 5) is 17.2. The van der Waals surface area contributed by atoms with Crippen LogP contribution in [0.4, 0.5) is 0 Å². The standard InChI is InChI=1S/C25H34Cl2N4O/c1-30(25(32)19-5-3-2-4-6-19)18-21(20-7-8-23(26)24(27)17-20)9-14-31-15-10-22(11-16-31)29-13-12-28/h2-8,17,21-22,29H,9-16,18,28H2,1H3. The Morgan fingerprint density at radius 2 is 1.88 bits per heavy atom. The number of nitrogens with zero attached hydrogens (tertiary/aromatic N) is 2. The number of amides is 1. The Morgan fingerprint density at radius 1 is 1.16 bits per heavy atom. The van der Waals surface area contributed by atoms with Crippen molar-refractivity contribution in [1.29, 1.82) is 0 Å². The molecular weight excluding hydrogens is 443 g/mol. The van der Waals surface area contributed by atoms with Crippen LogP contribution in [0, 0.1) is 0 Å². The van der Waals surface area contributed by atoms with Crippen LogP contribution < -0.4 is 11.1 Å². The van der Waals surface area contributed by atoms with Crippen molar-refractivity contribution in [2.45, 2.75) is 31.2 Å². The predicted molar refractivity (Wildman–Crippen MR) is 134 cm³/mol. The van der Waals surface area contributed by atoms with Crippen LogP contribution in [-0.4, -0.2) is 68.1 Å². The van der Waals surface area contributed by atoms with E-state index >= 15 is 0 Å². The number of nitrogens with two attached hydrogens (primary N) is 1. The fourth-order valence-corrected chi connectivity index (χ4v) is 4.64. The summed E-state index contributed by atoms with van der Waals surface area (Å²) in [7, 11) is 1.87. The molecule has 1 fully saturated rings. The van der Waals surface area contributed by atoms with Crippen LogP contribution in [0.1, 0.15) is 41.1 Å². The Hall–Kier alpha value is -1.63. The summed E-state index contributed by atoms with van der Waals surface area (Å²) < 4.78 is 0. The molecule has 32 heavy (non-hydrogen) atoms. The highest BCUT2D eigenvalue weighted by Gasteiger charge is 2.23. The molecule has 1 amide bonds. The highest BCUT2D eigenvalue weighted by Crippen LogP contribution is 2.29. The molecule has 5 nitrogen and oxygen atoms in total. The molecule has 0 spiro atoms. The van der Waals surface area contributed by atoms with Gasteiger partial charge in [-0.2, -0.15) is 0 Å². The number of halogens is 2. The number of carbonyl (C=O) groups excluding carboxylic acids is 1. The number of nitrogens with one attached hydrogen (secondary N) is 1. The van der Waals surface area contributed by atoms with Crippen molar-refractivity contribution in [3.05, 3.63) is 69.7 Å². The van der Waals surface area contributed by atoms with Gasteiger partial charge in [0.15, 0.2) is 0 Å². The smallest absolute Gasteiger partial charge is 0.253 e. The Morgan fingerprint density at radius 3 is 2.53 bits per heavy atom. The van der Waals surface area contributed by atoms with Crippen molar-refractivity contribution < 1.29 is 4.79 Å². The number of benzene rings is 2. The van der Waals surface area contributed by atoms with Crippen molar-refractivity contribution in [2.75, 3.05) is 46.3 Å². The molecule has 0 saturated carbocycles. The zero-order valence-electron chi connectivity index (χ0n) is 18.8. The molecule has 0 bridgehead atoms. The SMILES string of the molecule is CN(CC(CCN1CCC(NCCN)CC1)c1ccc(Cl)c(Cl)c1)C(=O)c1ccccc1. The first-order valence-corrected chi connectivity index (χ1v) is 12.1. The van der Waals surface area contributed by atoms with E-state index in [1.165, 1.54) is 0 Å². The summed E-state index contributed by atoms with van der Waals surface area (Å²) in [5.41, 5.74) is 7.43. The Bertz CT molecular complexity index is 856. The molecule has 1 saturated heterocycles. The van der Waals surface area contributed by atoms with Crippen molar-refractivity contribution in [3.8, 4) is 0 Å². The van der Waals surface area contributed by atoms with Gasteiger partial charge in [-0.1, -0.05) is 47.5 Å². The molecule has 7 heteroatoms. The third-order valence-electron chi connectivity index (χ3n) is 6.24. The number of likely N-dealkylation sites (N-methyl/N-ethyl adjacent to an activating group) is 1. The van der Waals surface area contributed by atoms with Crippen LogP contribution in [0.2, 0.25) is 10.0 Å². The van der Waals surface area contributed by atoms with E-state index < -0.39 is 0 Å². The first kappa shape index (κ1) is 25.0. The monoisotopic (exact) mass is 476 g/mol. The molecule has 174 valence electrons. The maximum Gasteiger partial charge on any atom is 0.253 e. The van der Waals surface area contributed by atoms with Gasteiger partial charge in [-0.3, -0.25) is 4.79 Å². The van der Waals surface area contributed by atoms with Gasteiger partial charge in [0.05, 0.1) is 10.0 Å². The molecule has 0 aromatic heterocycles. The summed E-state index contributed by atoms with van der Waals surface area (Å²) in [5.74, 6) is 0.206. The molecule has 0 aliphatic carbocycles. The molecule has 0 radical (unpaired) electrons. The number of hydrogen-bond acceptors (Lipinski definition) is 4. The molecule has 1 heterocycles. The zero-order valence-corrected chi connectivity index (χ0v) is 20.3. The average Bonchev–Trinajstić information content (AvgIpc) is 2.82. The van der Waals surface area contributed by atoms with E-state index in [4.69, 9.17) is 28.9 Å². The van der Waals surface area contributed by atoms with Gasteiger partial charge in [-0.25, -0.2) is 0 Å². The zero-order chi connectivity index (χ0) is 22.9. The molecular formula is C25H34Cl2N4O. The number of hydrogen-bond donors (Lipinski definition) is 2. The Balaban J connectivity index is 1.64. The fourth-order valence-electron chi connectivity index (χ4n) is 4.33. The van der Waals surface area contributed by atoms with E-state index in [9.17, 15) is 4.79 Å². The fraction of sp³-hybridized carbons (Fsp3) is 0.480. The van der Waals surface area contributed by atoms with Crippen molar-refractivity contribution in [1.82, 2.24) is 15.1 Å². The topological polar surface area (TPSA) is 61.6 Å². The van der Waals surface area contributed by atoms with Crippen LogP contribution in [0.3, 0.4) is 0 Å². The first-order chi connectivity index (χ1) is 15.5. The highest BCUT2D eigenvalue weighted by atomic mass is 35.5. The van der Waals surface area contributed by atoms with Crippen LogP contribution in [0.25, 0.3) is 0 Å². The Labute approximate surface area is 201 Å². The number of carbonyl (C=O) groups is 1. The van der Waals surface area contributed by atoms with E-state index in [1.54, 1.807) is 0 Å². The third kappa shape index (κ3) is 7.19. The summed E-state index contributed by atoms with van der Waals surface area (Å²) in [6, 6.07) is 15.8. The van der Waals surface area contributed by atoms with Gasteiger partial charge in [-0.05, 0) is 68.7 Å². The van der Waals surface area contributed by atoms with Crippen molar-refractivity contribution in [2.24, 2.45) is 5.73 Å². The van der Waals surface area contributed by atoms with E-state index in [1.807, 2.05) is 60.5 Å². The largest absolute Gasteiger partial charge is 0.341 e. The second kappa shape index (κ2) is 12.6. The normalized spacial score (nSPS) is 16.1. The molecule has 1 unspecified atom stereocenters. The molecule has 1 aliphatic heterocycles. The minimum atomic E-state index is 0.0300. The van der Waals surface area contributed by atoms with Gasteiger partial charge in [0.1, 0.15) is 0 Å². The molecule has 1 aliphatic rings. The lowest BCUT2D eigenvalue weighted by Gasteiger charge is -2.34. The quantitative estimate of drug-likeness (QED) is 0.537. The number of rotatable bonds is 10. The molecule has 3 rings (SSSR count). The van der Waals surface area contributed by atoms with Crippen molar-refractivity contribution >= 4 is 29.1 Å². The third-order valence-corrected chi connectivity index (χ3v) is 6.97. The molecule has 2 aromatic rings. The minimum Gasteiger partial charge on any atom is -0.341 e. The van der Waals surface area contributed by atoms with Gasteiger partial charge in [-0.15, -0.1) is 0 Å². The molecule has 3 N–H and O–H groups in total. The highest BCUT2D eigenvalue weighted by molar-refractivity contribution is 6.42. The van der Waals surface area contributed by atoms with Gasteiger partial charge < -0.3 is 20.9 Å². The first-order valence-electron chi connectivity index (χ1n) is 11.4. The van der Waals surface area contributed by atoms with Gasteiger partial charge in [0.2, 0.25) is 0 Å². The van der Waals surface area contributed by atoms with Crippen LogP contribution in [-0.2, 0) is 0 Å². The van der Waals surface area contributed by atoms with E-state index in [2.05, 4.69) is 10.2 Å². The number of likely N-dealkylation sites (tertiary alicyclic amines) is 1. The minimum absolute atomic E-state index is 0.0300. The van der Waals surface area contributed by atoms with Gasteiger partial charge in [0.25, 0.3) is 5.91 Å². The van der Waals surface area contributed by atoms with E-state index in [0.717, 1.165) is 51.0 Å². The Kier molecular flexibility index (Phi) is 9.82. The average molecular weight is 477 g/mol.